The van der Waals surface area contributed by atoms with Gasteiger partial charge in [-0.2, -0.15) is 0 Å². The van der Waals surface area contributed by atoms with E-state index in [0.29, 0.717) is 6.33 Å². The molecule has 0 saturated heterocycles. The van der Waals surface area contributed by atoms with Crippen LogP contribution < -0.4 is 5.32 Å². The van der Waals surface area contributed by atoms with Crippen LogP contribution in [-0.4, -0.2) is 26.2 Å². The molecule has 3 nitrogen and oxygen atoms in total. The molecule has 0 radical (unpaired) electrons. The summed E-state index contributed by atoms with van der Waals surface area (Å²) in [5.41, 5.74) is 0. The quantitative estimate of drug-likeness (QED) is 0.618. The van der Waals surface area contributed by atoms with E-state index < -0.39 is 0 Å². The van der Waals surface area contributed by atoms with E-state index in [2.05, 4.69) is 10.1 Å². The highest BCUT2D eigenvalue weighted by atomic mass is 19.1. The van der Waals surface area contributed by atoms with Crippen LogP contribution >= 0.6 is 0 Å². The fourth-order valence-electron chi connectivity index (χ4n) is 0.399. The minimum absolute atomic E-state index is 0.0140. The number of halogens is 1. The van der Waals surface area contributed by atoms with Gasteiger partial charge < -0.3 is 10.1 Å². The van der Waals surface area contributed by atoms with E-state index >= 15 is 0 Å². The molecule has 0 aromatic heterocycles. The predicted octanol–water partition coefficient (Wildman–Crippen LogP) is 0.232. The zero-order chi connectivity index (χ0) is 7.82. The van der Waals surface area contributed by atoms with Gasteiger partial charge in [0, 0.05) is 13.7 Å². The zero-order valence-corrected chi connectivity index (χ0v) is 5.76. The Hall–Kier alpha value is -0.900. The lowest BCUT2D eigenvalue weighted by molar-refractivity contribution is -0.124. The van der Waals surface area contributed by atoms with Crippen LogP contribution in [0.5, 0.6) is 0 Å². The van der Waals surface area contributed by atoms with E-state index in [1.165, 1.54) is 13.2 Å². The molecule has 0 aliphatic heterocycles. The molecular weight excluding hydrogens is 137 g/mol. The van der Waals surface area contributed by atoms with Crippen LogP contribution in [0.25, 0.3) is 0 Å². The molecule has 0 atom stereocenters. The minimum atomic E-state index is -0.249. The topological polar surface area (TPSA) is 38.3 Å². The van der Waals surface area contributed by atoms with Crippen LogP contribution in [0.15, 0.2) is 12.4 Å². The van der Waals surface area contributed by atoms with Crippen LogP contribution in [0.2, 0.25) is 0 Å². The third-order valence-electron chi connectivity index (χ3n) is 0.782. The lowest BCUT2D eigenvalue weighted by Crippen LogP contribution is -2.26. The molecule has 0 unspecified atom stereocenters. The summed E-state index contributed by atoms with van der Waals surface area (Å²) >= 11 is 0. The number of carbonyl (C=O) groups is 1. The van der Waals surface area contributed by atoms with E-state index in [1.54, 1.807) is 0 Å². The summed E-state index contributed by atoms with van der Waals surface area (Å²) < 4.78 is 15.8. The van der Waals surface area contributed by atoms with Crippen molar-refractivity contribution >= 4 is 5.91 Å². The van der Waals surface area contributed by atoms with Crippen LogP contribution in [-0.2, 0) is 9.53 Å². The third kappa shape index (κ3) is 5.24. The average molecular weight is 147 g/mol. The van der Waals surface area contributed by atoms with Crippen molar-refractivity contribution in [3.8, 4) is 0 Å². The molecule has 1 N–H and O–H groups in total. The molecule has 0 rings (SSSR count). The van der Waals surface area contributed by atoms with E-state index in [-0.39, 0.29) is 19.1 Å². The van der Waals surface area contributed by atoms with Crippen molar-refractivity contribution in [2.45, 2.75) is 0 Å². The number of rotatable bonds is 4. The van der Waals surface area contributed by atoms with Crippen molar-refractivity contribution in [1.82, 2.24) is 5.32 Å². The maximum Gasteiger partial charge on any atom is 0.246 e. The molecule has 58 valence electrons. The fraction of sp³-hybridized carbons (Fsp3) is 0.500. The molecule has 0 fully saturated rings. The maximum absolute atomic E-state index is 11.3. The number of carbonyl (C=O) groups excluding carboxylic acids is 1. The number of hydrogen-bond donors (Lipinski definition) is 1. The van der Waals surface area contributed by atoms with Gasteiger partial charge in [-0.3, -0.25) is 4.79 Å². The van der Waals surface area contributed by atoms with E-state index in [9.17, 15) is 9.18 Å². The van der Waals surface area contributed by atoms with Crippen molar-refractivity contribution in [1.29, 1.82) is 0 Å². The number of methoxy groups -OCH3 is 1. The monoisotopic (exact) mass is 147 g/mol. The molecule has 0 aliphatic rings. The maximum atomic E-state index is 11.3. The SMILES string of the molecule is COCC(=O)NC/C=C/F. The molecule has 0 spiro atoms. The Kier molecular flexibility index (Phi) is 5.66. The molecule has 0 aromatic carbocycles. The van der Waals surface area contributed by atoms with Gasteiger partial charge in [-0.25, -0.2) is 4.39 Å². The molecule has 10 heavy (non-hydrogen) atoms. The Morgan fingerprint density at radius 2 is 2.50 bits per heavy atom. The second-order valence-electron chi connectivity index (χ2n) is 1.60. The molecular formula is C6H10FNO2. The molecule has 0 aromatic rings. The van der Waals surface area contributed by atoms with Crippen LogP contribution in [0.3, 0.4) is 0 Å². The lowest BCUT2D eigenvalue weighted by atomic mass is 10.5. The minimum Gasteiger partial charge on any atom is -0.375 e. The molecule has 0 bridgehead atoms. The standard InChI is InChI=1S/C6H10FNO2/c1-10-5-6(9)8-4-2-3-7/h2-3H,4-5H2,1H3,(H,8,9)/b3-2+. The summed E-state index contributed by atoms with van der Waals surface area (Å²) in [5.74, 6) is -0.249. The van der Waals surface area contributed by atoms with Crippen LogP contribution in [0, 0.1) is 0 Å². The van der Waals surface area contributed by atoms with Crippen molar-refractivity contribution in [2.75, 3.05) is 20.3 Å². The summed E-state index contributed by atoms with van der Waals surface area (Å²) in [6, 6.07) is 0. The molecule has 4 heteroatoms. The van der Waals surface area contributed by atoms with Gasteiger partial charge in [0.05, 0.1) is 6.33 Å². The largest absolute Gasteiger partial charge is 0.375 e. The summed E-state index contributed by atoms with van der Waals surface area (Å²) in [6.07, 6.45) is 1.58. The second kappa shape index (κ2) is 6.22. The Balaban J connectivity index is 3.21. The second-order valence-corrected chi connectivity index (χ2v) is 1.60. The van der Waals surface area contributed by atoms with Gasteiger partial charge in [-0.05, 0) is 6.08 Å². The van der Waals surface area contributed by atoms with Gasteiger partial charge in [0.25, 0.3) is 0 Å². The smallest absolute Gasteiger partial charge is 0.246 e. The summed E-state index contributed by atoms with van der Waals surface area (Å²) in [4.78, 5) is 10.5. The van der Waals surface area contributed by atoms with Crippen LogP contribution in [0.4, 0.5) is 4.39 Å². The van der Waals surface area contributed by atoms with E-state index in [0.717, 1.165) is 0 Å². The third-order valence-corrected chi connectivity index (χ3v) is 0.782. The van der Waals surface area contributed by atoms with Gasteiger partial charge in [0.2, 0.25) is 5.91 Å². The predicted molar refractivity (Wildman–Crippen MR) is 35.1 cm³/mol. The van der Waals surface area contributed by atoms with Gasteiger partial charge in [-0.15, -0.1) is 0 Å². The number of hydrogen-bond acceptors (Lipinski definition) is 2. The highest BCUT2D eigenvalue weighted by molar-refractivity contribution is 5.77. The molecule has 1 amide bonds. The normalized spacial score (nSPS) is 10.2. The lowest BCUT2D eigenvalue weighted by Gasteiger charge is -1.98. The van der Waals surface area contributed by atoms with Crippen molar-refractivity contribution in [2.24, 2.45) is 0 Å². The summed E-state index contributed by atoms with van der Waals surface area (Å²) in [6.45, 7) is 0.221. The van der Waals surface area contributed by atoms with Gasteiger partial charge >= 0.3 is 0 Å². The number of ether oxygens (including phenoxy) is 1. The highest BCUT2D eigenvalue weighted by Crippen LogP contribution is 1.72. The molecule has 0 saturated carbocycles. The first-order valence-electron chi connectivity index (χ1n) is 2.82. The van der Waals surface area contributed by atoms with Crippen LogP contribution in [0.1, 0.15) is 0 Å². The van der Waals surface area contributed by atoms with E-state index in [1.807, 2.05) is 0 Å². The van der Waals surface area contributed by atoms with Gasteiger partial charge in [0.1, 0.15) is 6.61 Å². The van der Waals surface area contributed by atoms with E-state index in [4.69, 9.17) is 0 Å². The Morgan fingerprint density at radius 1 is 1.80 bits per heavy atom. The zero-order valence-electron chi connectivity index (χ0n) is 5.76. The molecule has 0 heterocycles. The van der Waals surface area contributed by atoms with Crippen molar-refractivity contribution < 1.29 is 13.9 Å². The summed E-state index contributed by atoms with van der Waals surface area (Å²) in [5, 5.41) is 2.39. The molecule has 0 aliphatic carbocycles. The fourth-order valence-corrected chi connectivity index (χ4v) is 0.399. The van der Waals surface area contributed by atoms with Gasteiger partial charge in [0.15, 0.2) is 0 Å². The Morgan fingerprint density at radius 3 is 3.00 bits per heavy atom. The Bertz CT molecular complexity index is 125. The first-order valence-corrected chi connectivity index (χ1v) is 2.82. The highest BCUT2D eigenvalue weighted by Gasteiger charge is 1.94. The number of nitrogens with one attached hydrogen (secondary N) is 1. The Labute approximate surface area is 58.9 Å². The first-order chi connectivity index (χ1) is 4.81. The summed E-state index contributed by atoms with van der Waals surface area (Å²) in [7, 11) is 1.42. The van der Waals surface area contributed by atoms with Crippen molar-refractivity contribution in [3.63, 3.8) is 0 Å². The van der Waals surface area contributed by atoms with Crippen molar-refractivity contribution in [3.05, 3.63) is 12.4 Å². The first kappa shape index (κ1) is 9.10. The average Bonchev–Trinajstić information content (AvgIpc) is 1.89. The van der Waals surface area contributed by atoms with Gasteiger partial charge in [-0.1, -0.05) is 0 Å². The number of amides is 1.